The van der Waals surface area contributed by atoms with Gasteiger partial charge in [0.1, 0.15) is 0 Å². The average molecular weight is 203 g/mol. The fourth-order valence-electron chi connectivity index (χ4n) is 1.23. The summed E-state index contributed by atoms with van der Waals surface area (Å²) in [7, 11) is 0. The monoisotopic (exact) mass is 203 g/mol. The van der Waals surface area contributed by atoms with Gasteiger partial charge in [-0.25, -0.2) is 0 Å². The van der Waals surface area contributed by atoms with Crippen molar-refractivity contribution >= 4 is 0 Å². The topological polar surface area (TPSA) is 64.9 Å². The fraction of sp³-hybridized carbons (Fsp3) is 0.273. The fourth-order valence-corrected chi connectivity index (χ4v) is 1.23. The second-order valence-corrected chi connectivity index (χ2v) is 3.60. The lowest BCUT2D eigenvalue weighted by Crippen LogP contribution is -2.04. The second-order valence-electron chi connectivity index (χ2n) is 3.60. The Morgan fingerprint density at radius 2 is 1.87 bits per heavy atom. The molecule has 2 aromatic rings. The van der Waals surface area contributed by atoms with Crippen molar-refractivity contribution in [3.05, 3.63) is 35.7 Å². The minimum Gasteiger partial charge on any atom is -0.419 e. The number of nitrogens with two attached hydrogens (primary N) is 1. The van der Waals surface area contributed by atoms with Crippen LogP contribution in [0, 0.1) is 6.92 Å². The summed E-state index contributed by atoms with van der Waals surface area (Å²) in [6.07, 6.45) is 0. The van der Waals surface area contributed by atoms with Crippen LogP contribution in [0.2, 0.25) is 0 Å². The van der Waals surface area contributed by atoms with Crippen LogP contribution >= 0.6 is 0 Å². The maximum absolute atomic E-state index is 5.63. The highest BCUT2D eigenvalue weighted by Crippen LogP contribution is 2.19. The van der Waals surface area contributed by atoms with Crippen molar-refractivity contribution in [1.29, 1.82) is 0 Å². The molecule has 0 saturated heterocycles. The first-order valence-electron chi connectivity index (χ1n) is 4.83. The molecule has 78 valence electrons. The third kappa shape index (κ3) is 2.05. The summed E-state index contributed by atoms with van der Waals surface area (Å²) in [5, 5.41) is 7.81. The van der Waals surface area contributed by atoms with E-state index in [4.69, 9.17) is 10.2 Å². The van der Waals surface area contributed by atoms with E-state index in [0.717, 1.165) is 5.56 Å². The number of benzene rings is 1. The van der Waals surface area contributed by atoms with Crippen LogP contribution in [-0.4, -0.2) is 10.2 Å². The van der Waals surface area contributed by atoms with Crippen LogP contribution < -0.4 is 5.73 Å². The highest BCUT2D eigenvalue weighted by molar-refractivity contribution is 5.52. The molecule has 1 heterocycles. The van der Waals surface area contributed by atoms with Crippen LogP contribution in [0.25, 0.3) is 11.5 Å². The Labute approximate surface area is 88.1 Å². The predicted molar refractivity (Wildman–Crippen MR) is 57.1 cm³/mol. The summed E-state index contributed by atoms with van der Waals surface area (Å²) in [4.78, 5) is 0. The Morgan fingerprint density at radius 1 is 1.20 bits per heavy atom. The average Bonchev–Trinajstić information content (AvgIpc) is 2.68. The molecule has 1 aromatic carbocycles. The zero-order valence-electron chi connectivity index (χ0n) is 8.77. The van der Waals surface area contributed by atoms with Gasteiger partial charge in [-0.1, -0.05) is 17.7 Å². The second kappa shape index (κ2) is 3.82. The number of aryl methyl sites for hydroxylation is 1. The normalized spacial score (nSPS) is 12.7. The Bertz CT molecular complexity index is 445. The van der Waals surface area contributed by atoms with E-state index in [9.17, 15) is 0 Å². The van der Waals surface area contributed by atoms with E-state index in [-0.39, 0.29) is 6.04 Å². The van der Waals surface area contributed by atoms with Crippen molar-refractivity contribution in [2.45, 2.75) is 19.9 Å². The van der Waals surface area contributed by atoms with Gasteiger partial charge in [0.15, 0.2) is 0 Å². The molecule has 4 nitrogen and oxygen atoms in total. The first kappa shape index (κ1) is 9.86. The maximum atomic E-state index is 5.63. The molecule has 0 saturated carbocycles. The van der Waals surface area contributed by atoms with E-state index in [1.165, 1.54) is 5.56 Å². The zero-order chi connectivity index (χ0) is 10.8. The molecular weight excluding hydrogens is 190 g/mol. The van der Waals surface area contributed by atoms with Gasteiger partial charge in [0.2, 0.25) is 11.8 Å². The van der Waals surface area contributed by atoms with Gasteiger partial charge in [-0.15, -0.1) is 10.2 Å². The van der Waals surface area contributed by atoms with Crippen LogP contribution in [0.1, 0.15) is 24.4 Å². The van der Waals surface area contributed by atoms with Gasteiger partial charge in [0, 0.05) is 5.56 Å². The van der Waals surface area contributed by atoms with Gasteiger partial charge in [0.05, 0.1) is 6.04 Å². The van der Waals surface area contributed by atoms with Gasteiger partial charge in [-0.05, 0) is 26.0 Å². The molecule has 0 radical (unpaired) electrons. The molecule has 1 atom stereocenters. The third-order valence-corrected chi connectivity index (χ3v) is 2.13. The Morgan fingerprint density at radius 3 is 2.40 bits per heavy atom. The number of hydrogen-bond acceptors (Lipinski definition) is 4. The lowest BCUT2D eigenvalue weighted by molar-refractivity contribution is 0.473. The van der Waals surface area contributed by atoms with Crippen molar-refractivity contribution in [1.82, 2.24) is 10.2 Å². The molecule has 0 aliphatic carbocycles. The van der Waals surface area contributed by atoms with Crippen LogP contribution in [0.15, 0.2) is 28.7 Å². The largest absolute Gasteiger partial charge is 0.419 e. The van der Waals surface area contributed by atoms with Crippen molar-refractivity contribution < 1.29 is 4.42 Å². The standard InChI is InChI=1S/C11H13N3O/c1-7-3-5-9(6-4-7)11-14-13-10(15-11)8(2)12/h3-6,8H,12H2,1-2H3. The molecule has 0 spiro atoms. The Kier molecular flexibility index (Phi) is 2.51. The van der Waals surface area contributed by atoms with Gasteiger partial charge in [-0.2, -0.15) is 0 Å². The first-order chi connectivity index (χ1) is 7.16. The van der Waals surface area contributed by atoms with Crippen LogP contribution in [0.3, 0.4) is 0 Å². The first-order valence-corrected chi connectivity index (χ1v) is 4.83. The lowest BCUT2D eigenvalue weighted by Gasteiger charge is -1.96. The predicted octanol–water partition coefficient (Wildman–Crippen LogP) is 2.06. The maximum Gasteiger partial charge on any atom is 0.247 e. The summed E-state index contributed by atoms with van der Waals surface area (Å²) in [6.45, 7) is 3.84. The molecule has 2 rings (SSSR count). The smallest absolute Gasteiger partial charge is 0.247 e. The lowest BCUT2D eigenvalue weighted by atomic mass is 10.1. The van der Waals surface area contributed by atoms with Crippen LogP contribution in [-0.2, 0) is 0 Å². The zero-order valence-corrected chi connectivity index (χ0v) is 8.77. The summed E-state index contributed by atoms with van der Waals surface area (Å²) in [6, 6.07) is 7.69. The van der Waals surface area contributed by atoms with E-state index < -0.39 is 0 Å². The molecule has 0 aliphatic rings. The van der Waals surface area contributed by atoms with Gasteiger partial charge < -0.3 is 10.2 Å². The molecule has 1 aromatic heterocycles. The van der Waals surface area contributed by atoms with E-state index >= 15 is 0 Å². The molecular formula is C11H13N3O. The van der Waals surface area contributed by atoms with Crippen molar-refractivity contribution in [3.63, 3.8) is 0 Å². The summed E-state index contributed by atoms with van der Waals surface area (Å²) in [5.74, 6) is 0.980. The van der Waals surface area contributed by atoms with Crippen molar-refractivity contribution in [2.75, 3.05) is 0 Å². The number of aromatic nitrogens is 2. The van der Waals surface area contributed by atoms with Crippen molar-refractivity contribution in [2.24, 2.45) is 5.73 Å². The Balaban J connectivity index is 2.33. The third-order valence-electron chi connectivity index (χ3n) is 2.13. The quantitative estimate of drug-likeness (QED) is 0.811. The number of nitrogens with zero attached hydrogens (tertiary/aromatic N) is 2. The molecule has 0 bridgehead atoms. The molecule has 0 fully saturated rings. The SMILES string of the molecule is Cc1ccc(-c2nnc(C(C)N)o2)cc1. The van der Waals surface area contributed by atoms with Gasteiger partial charge >= 0.3 is 0 Å². The van der Waals surface area contributed by atoms with E-state index in [1.54, 1.807) is 0 Å². The molecule has 0 aliphatic heterocycles. The van der Waals surface area contributed by atoms with E-state index in [0.29, 0.717) is 11.8 Å². The summed E-state index contributed by atoms with van der Waals surface area (Å²) in [5.41, 5.74) is 7.75. The molecule has 0 amide bonds. The molecule has 2 N–H and O–H groups in total. The molecule has 4 heteroatoms. The van der Waals surface area contributed by atoms with Crippen LogP contribution in [0.5, 0.6) is 0 Å². The minimum absolute atomic E-state index is 0.225. The summed E-state index contributed by atoms with van der Waals surface area (Å²) >= 11 is 0. The molecule has 1 unspecified atom stereocenters. The minimum atomic E-state index is -0.225. The van der Waals surface area contributed by atoms with E-state index in [2.05, 4.69) is 10.2 Å². The Hall–Kier alpha value is -1.68. The highest BCUT2D eigenvalue weighted by Gasteiger charge is 2.10. The molecule has 15 heavy (non-hydrogen) atoms. The van der Waals surface area contributed by atoms with Crippen molar-refractivity contribution in [3.8, 4) is 11.5 Å². The van der Waals surface area contributed by atoms with Gasteiger partial charge in [0.25, 0.3) is 0 Å². The number of rotatable bonds is 2. The highest BCUT2D eigenvalue weighted by atomic mass is 16.4. The summed E-state index contributed by atoms with van der Waals surface area (Å²) < 4.78 is 5.42. The van der Waals surface area contributed by atoms with E-state index in [1.807, 2.05) is 38.1 Å². The number of hydrogen-bond donors (Lipinski definition) is 1. The van der Waals surface area contributed by atoms with Crippen LogP contribution in [0.4, 0.5) is 0 Å². The van der Waals surface area contributed by atoms with Gasteiger partial charge in [-0.3, -0.25) is 0 Å².